The van der Waals surface area contributed by atoms with Crippen molar-refractivity contribution in [3.05, 3.63) is 53.3 Å². The highest BCUT2D eigenvalue weighted by Crippen LogP contribution is 2.31. The molecule has 100 valence electrons. The zero-order valence-electron chi connectivity index (χ0n) is 11.5. The van der Waals surface area contributed by atoms with Gasteiger partial charge in [0, 0.05) is 12.1 Å². The molecule has 0 saturated carbocycles. The van der Waals surface area contributed by atoms with Crippen LogP contribution in [0.3, 0.4) is 0 Å². The molecule has 2 aromatic carbocycles. The minimum absolute atomic E-state index is 0.273. The minimum Gasteiger partial charge on any atom is -0.494 e. The Labute approximate surface area is 113 Å². The molecule has 0 aromatic heterocycles. The predicted molar refractivity (Wildman–Crippen MR) is 75.9 cm³/mol. The van der Waals surface area contributed by atoms with Crippen LogP contribution in [0.5, 0.6) is 5.75 Å². The van der Waals surface area contributed by atoms with E-state index in [-0.39, 0.29) is 11.6 Å². The van der Waals surface area contributed by atoms with Crippen LogP contribution < -0.4 is 10.1 Å². The van der Waals surface area contributed by atoms with Crippen LogP contribution in [-0.2, 0) is 6.54 Å². The third-order valence-corrected chi connectivity index (χ3v) is 3.11. The molecule has 0 fully saturated rings. The monoisotopic (exact) mass is 259 g/mol. The van der Waals surface area contributed by atoms with Gasteiger partial charge in [-0.3, -0.25) is 0 Å². The maximum Gasteiger partial charge on any atom is 0.172 e. The van der Waals surface area contributed by atoms with Gasteiger partial charge in [0.05, 0.1) is 7.11 Å². The molecule has 2 nitrogen and oxygen atoms in total. The zero-order chi connectivity index (χ0) is 13.8. The molecule has 2 rings (SSSR count). The summed E-state index contributed by atoms with van der Waals surface area (Å²) in [4.78, 5) is 0. The van der Waals surface area contributed by atoms with E-state index in [1.54, 1.807) is 12.1 Å². The topological polar surface area (TPSA) is 21.3 Å². The fourth-order valence-corrected chi connectivity index (χ4v) is 2.16. The molecule has 0 amide bonds. The van der Waals surface area contributed by atoms with Gasteiger partial charge in [0.15, 0.2) is 11.6 Å². The molecule has 0 radical (unpaired) electrons. The lowest BCUT2D eigenvalue weighted by molar-refractivity contribution is 0.387. The summed E-state index contributed by atoms with van der Waals surface area (Å²) < 4.78 is 19.4. The first-order valence-electron chi connectivity index (χ1n) is 6.24. The lowest BCUT2D eigenvalue weighted by atomic mass is 9.97. The highest BCUT2D eigenvalue weighted by atomic mass is 19.1. The normalized spacial score (nSPS) is 10.5. The predicted octanol–water partition coefficient (Wildman–Crippen LogP) is 3.53. The summed E-state index contributed by atoms with van der Waals surface area (Å²) in [7, 11) is 3.36. The van der Waals surface area contributed by atoms with E-state index in [4.69, 9.17) is 4.74 Å². The van der Waals surface area contributed by atoms with Crippen LogP contribution in [0.25, 0.3) is 11.1 Å². The molecule has 0 aliphatic heterocycles. The number of aryl methyl sites for hydroxylation is 1. The summed E-state index contributed by atoms with van der Waals surface area (Å²) in [6.07, 6.45) is 0. The first-order valence-corrected chi connectivity index (χ1v) is 6.24. The third kappa shape index (κ3) is 2.76. The van der Waals surface area contributed by atoms with E-state index in [2.05, 4.69) is 5.32 Å². The number of rotatable bonds is 4. The van der Waals surface area contributed by atoms with Gasteiger partial charge >= 0.3 is 0 Å². The Balaban J connectivity index is 2.60. The van der Waals surface area contributed by atoms with Crippen molar-refractivity contribution in [2.24, 2.45) is 0 Å². The van der Waals surface area contributed by atoms with Gasteiger partial charge in [0.2, 0.25) is 0 Å². The van der Waals surface area contributed by atoms with Crippen molar-refractivity contribution < 1.29 is 9.13 Å². The maximum atomic E-state index is 14.4. The number of ether oxygens (including phenoxy) is 1. The van der Waals surface area contributed by atoms with E-state index in [0.717, 1.165) is 16.7 Å². The number of nitrogens with one attached hydrogen (secondary N) is 1. The summed E-state index contributed by atoms with van der Waals surface area (Å²) >= 11 is 0. The fourth-order valence-electron chi connectivity index (χ4n) is 2.16. The van der Waals surface area contributed by atoms with Gasteiger partial charge in [-0.1, -0.05) is 35.9 Å². The smallest absolute Gasteiger partial charge is 0.172 e. The van der Waals surface area contributed by atoms with Crippen molar-refractivity contribution in [1.29, 1.82) is 0 Å². The molecule has 0 saturated heterocycles. The van der Waals surface area contributed by atoms with Crippen LogP contribution in [0.2, 0.25) is 0 Å². The van der Waals surface area contributed by atoms with Crippen molar-refractivity contribution in [3.8, 4) is 16.9 Å². The van der Waals surface area contributed by atoms with Gasteiger partial charge < -0.3 is 10.1 Å². The van der Waals surface area contributed by atoms with Crippen molar-refractivity contribution >= 4 is 0 Å². The van der Waals surface area contributed by atoms with E-state index >= 15 is 0 Å². The summed E-state index contributed by atoms with van der Waals surface area (Å²) in [6.45, 7) is 2.71. The van der Waals surface area contributed by atoms with Crippen LogP contribution in [0.1, 0.15) is 11.1 Å². The van der Waals surface area contributed by atoms with Gasteiger partial charge in [0.25, 0.3) is 0 Å². The Bertz CT molecular complexity index is 581. The summed E-state index contributed by atoms with van der Waals surface area (Å²) in [5, 5.41) is 3.11. The largest absolute Gasteiger partial charge is 0.494 e. The molecule has 2 aromatic rings. The molecular formula is C16H18FNO. The third-order valence-electron chi connectivity index (χ3n) is 3.11. The minimum atomic E-state index is -0.312. The molecule has 0 aliphatic rings. The fraction of sp³-hybridized carbons (Fsp3) is 0.250. The number of hydrogen-bond acceptors (Lipinski definition) is 2. The molecule has 0 aliphatic carbocycles. The number of halogens is 1. The van der Waals surface area contributed by atoms with Crippen LogP contribution in [-0.4, -0.2) is 14.2 Å². The lowest BCUT2D eigenvalue weighted by Crippen LogP contribution is -2.07. The maximum absolute atomic E-state index is 14.4. The zero-order valence-corrected chi connectivity index (χ0v) is 11.5. The van der Waals surface area contributed by atoms with Crippen molar-refractivity contribution in [3.63, 3.8) is 0 Å². The van der Waals surface area contributed by atoms with Crippen LogP contribution in [0.15, 0.2) is 36.4 Å². The van der Waals surface area contributed by atoms with Crippen LogP contribution in [0, 0.1) is 12.7 Å². The lowest BCUT2D eigenvalue weighted by Gasteiger charge is -2.13. The molecule has 0 heterocycles. The molecular weight excluding hydrogens is 241 g/mol. The average molecular weight is 259 g/mol. The number of benzene rings is 2. The highest BCUT2D eigenvalue weighted by molar-refractivity contribution is 5.70. The van der Waals surface area contributed by atoms with Crippen molar-refractivity contribution in [2.45, 2.75) is 13.5 Å². The Morgan fingerprint density at radius 2 is 1.95 bits per heavy atom. The van der Waals surface area contributed by atoms with E-state index in [9.17, 15) is 4.39 Å². The van der Waals surface area contributed by atoms with E-state index in [1.165, 1.54) is 7.11 Å². The highest BCUT2D eigenvalue weighted by Gasteiger charge is 2.13. The molecule has 0 atom stereocenters. The van der Waals surface area contributed by atoms with Crippen molar-refractivity contribution in [2.75, 3.05) is 14.2 Å². The summed E-state index contributed by atoms with van der Waals surface area (Å²) in [5.74, 6) is -0.0395. The molecule has 0 bridgehead atoms. The molecule has 0 spiro atoms. The van der Waals surface area contributed by atoms with Crippen LogP contribution >= 0.6 is 0 Å². The molecule has 0 unspecified atom stereocenters. The van der Waals surface area contributed by atoms with Gasteiger partial charge in [-0.05, 0) is 31.2 Å². The number of hydrogen-bond donors (Lipinski definition) is 1. The quantitative estimate of drug-likeness (QED) is 0.907. The Morgan fingerprint density at radius 1 is 1.16 bits per heavy atom. The second-order valence-corrected chi connectivity index (χ2v) is 4.51. The van der Waals surface area contributed by atoms with Gasteiger partial charge in [-0.2, -0.15) is 0 Å². The van der Waals surface area contributed by atoms with Gasteiger partial charge in [0.1, 0.15) is 0 Å². The van der Waals surface area contributed by atoms with Crippen LogP contribution in [0.4, 0.5) is 4.39 Å². The Kier molecular flexibility index (Phi) is 4.17. The first-order chi connectivity index (χ1) is 9.17. The molecule has 1 N–H and O–H groups in total. The SMILES string of the molecule is CNCc1ccc(C)cc1-c1cccc(OC)c1F. The van der Waals surface area contributed by atoms with E-state index in [1.807, 2.05) is 38.2 Å². The van der Waals surface area contributed by atoms with Crippen molar-refractivity contribution in [1.82, 2.24) is 5.32 Å². The average Bonchev–Trinajstić information content (AvgIpc) is 2.41. The van der Waals surface area contributed by atoms with E-state index in [0.29, 0.717) is 12.1 Å². The second kappa shape index (κ2) is 5.85. The first kappa shape index (κ1) is 13.6. The Hall–Kier alpha value is -1.87. The van der Waals surface area contributed by atoms with Gasteiger partial charge in [-0.25, -0.2) is 4.39 Å². The summed E-state index contributed by atoms with van der Waals surface area (Å²) in [6, 6.07) is 11.3. The summed E-state index contributed by atoms with van der Waals surface area (Å²) in [5.41, 5.74) is 3.66. The second-order valence-electron chi connectivity index (χ2n) is 4.51. The standard InChI is InChI=1S/C16H18FNO/c1-11-7-8-12(10-18-2)14(9-11)13-5-4-6-15(19-3)16(13)17/h4-9,18H,10H2,1-3H3. The van der Waals surface area contributed by atoms with Gasteiger partial charge in [-0.15, -0.1) is 0 Å². The molecule has 3 heteroatoms. The Morgan fingerprint density at radius 3 is 2.63 bits per heavy atom. The molecule has 19 heavy (non-hydrogen) atoms. The van der Waals surface area contributed by atoms with E-state index < -0.39 is 0 Å². The number of methoxy groups -OCH3 is 1.